The van der Waals surface area contributed by atoms with E-state index in [1.54, 1.807) is 65.6 Å². The zero-order valence-corrected chi connectivity index (χ0v) is 15.4. The van der Waals surface area contributed by atoms with Gasteiger partial charge in [-0.3, -0.25) is 14.7 Å². The number of nitrogens with zero attached hydrogens (tertiary/aromatic N) is 3. The highest BCUT2D eigenvalue weighted by Gasteiger charge is 2.27. The number of aromatic nitrogens is 2. The zero-order valence-electron chi connectivity index (χ0n) is 15.4. The molecule has 1 N–H and O–H groups in total. The minimum Gasteiger partial charge on any atom is -0.497 e. The molecule has 0 saturated carbocycles. The minimum atomic E-state index is -0.164. The van der Waals surface area contributed by atoms with Crippen molar-refractivity contribution in [2.45, 2.75) is 0 Å². The van der Waals surface area contributed by atoms with Gasteiger partial charge in [0.2, 0.25) is 0 Å². The molecule has 0 bridgehead atoms. The van der Waals surface area contributed by atoms with E-state index in [0.717, 1.165) is 0 Å². The Morgan fingerprint density at radius 1 is 1.04 bits per heavy atom. The SMILES string of the molecule is COc1cccc(C(=O)N2CCN(C(=O)c3cc(-c4ccco4)[nH]n3)CC2)c1. The van der Waals surface area contributed by atoms with Crippen molar-refractivity contribution >= 4 is 11.8 Å². The van der Waals surface area contributed by atoms with Crippen molar-refractivity contribution < 1.29 is 18.7 Å². The fourth-order valence-corrected chi connectivity index (χ4v) is 3.20. The topological polar surface area (TPSA) is 91.7 Å². The van der Waals surface area contributed by atoms with Crippen LogP contribution in [-0.4, -0.2) is 65.1 Å². The largest absolute Gasteiger partial charge is 0.497 e. The average molecular weight is 380 g/mol. The summed E-state index contributed by atoms with van der Waals surface area (Å²) in [6, 6.07) is 12.3. The molecule has 0 unspecified atom stereocenters. The normalized spacial score (nSPS) is 14.2. The highest BCUT2D eigenvalue weighted by atomic mass is 16.5. The fourth-order valence-electron chi connectivity index (χ4n) is 3.20. The van der Waals surface area contributed by atoms with Crippen molar-refractivity contribution in [1.29, 1.82) is 0 Å². The molecule has 0 radical (unpaired) electrons. The van der Waals surface area contributed by atoms with Crippen molar-refractivity contribution in [2.75, 3.05) is 33.3 Å². The third-order valence-corrected chi connectivity index (χ3v) is 4.75. The molecule has 3 heterocycles. The lowest BCUT2D eigenvalue weighted by Crippen LogP contribution is -2.50. The summed E-state index contributed by atoms with van der Waals surface area (Å²) >= 11 is 0. The zero-order chi connectivity index (χ0) is 19.5. The van der Waals surface area contributed by atoms with E-state index in [2.05, 4.69) is 10.2 Å². The van der Waals surface area contributed by atoms with E-state index in [9.17, 15) is 9.59 Å². The predicted molar refractivity (Wildman–Crippen MR) is 101 cm³/mol. The molecule has 8 heteroatoms. The standard InChI is InChI=1S/C20H20N4O4/c1-27-15-5-2-4-14(12-15)19(25)23-7-9-24(10-8-23)20(26)17-13-16(21-22-17)18-6-3-11-28-18/h2-6,11-13H,7-10H2,1H3,(H,21,22). The van der Waals surface area contributed by atoms with E-state index in [1.165, 1.54) is 0 Å². The maximum Gasteiger partial charge on any atom is 0.274 e. The fraction of sp³-hybridized carbons (Fsp3) is 0.250. The van der Waals surface area contributed by atoms with E-state index in [4.69, 9.17) is 9.15 Å². The van der Waals surface area contributed by atoms with Crippen LogP contribution in [0.4, 0.5) is 0 Å². The molecule has 1 saturated heterocycles. The lowest BCUT2D eigenvalue weighted by atomic mass is 10.1. The number of hydrogen-bond acceptors (Lipinski definition) is 5. The average Bonchev–Trinajstić information content (AvgIpc) is 3.44. The van der Waals surface area contributed by atoms with Crippen molar-refractivity contribution in [3.63, 3.8) is 0 Å². The number of ether oxygens (including phenoxy) is 1. The predicted octanol–water partition coefficient (Wildman–Crippen LogP) is 2.28. The van der Waals surface area contributed by atoms with Crippen LogP contribution in [0.5, 0.6) is 5.75 Å². The van der Waals surface area contributed by atoms with Crippen LogP contribution < -0.4 is 4.74 Å². The van der Waals surface area contributed by atoms with Crippen LogP contribution in [0.1, 0.15) is 20.8 Å². The van der Waals surface area contributed by atoms with Gasteiger partial charge in [0.05, 0.1) is 13.4 Å². The van der Waals surface area contributed by atoms with Gasteiger partial charge in [-0.05, 0) is 30.3 Å². The Morgan fingerprint density at radius 3 is 2.46 bits per heavy atom. The second-order valence-electron chi connectivity index (χ2n) is 6.46. The quantitative estimate of drug-likeness (QED) is 0.750. The molecule has 28 heavy (non-hydrogen) atoms. The molecular formula is C20H20N4O4. The Hall–Kier alpha value is -3.55. The van der Waals surface area contributed by atoms with Crippen LogP contribution in [0.3, 0.4) is 0 Å². The number of H-pyrrole nitrogens is 1. The van der Waals surface area contributed by atoms with Crippen LogP contribution in [0.25, 0.3) is 11.5 Å². The molecule has 1 aromatic carbocycles. The molecule has 2 aromatic heterocycles. The lowest BCUT2D eigenvalue weighted by Gasteiger charge is -2.34. The Bertz CT molecular complexity index is 972. The van der Waals surface area contributed by atoms with Crippen LogP contribution >= 0.6 is 0 Å². The van der Waals surface area contributed by atoms with E-state index in [0.29, 0.717) is 54.6 Å². The number of aromatic amines is 1. The molecule has 144 valence electrons. The van der Waals surface area contributed by atoms with Gasteiger partial charge >= 0.3 is 0 Å². The minimum absolute atomic E-state index is 0.0640. The van der Waals surface area contributed by atoms with Gasteiger partial charge in [-0.1, -0.05) is 6.07 Å². The number of methoxy groups -OCH3 is 1. The summed E-state index contributed by atoms with van der Waals surface area (Å²) in [6.07, 6.45) is 1.57. The molecular weight excluding hydrogens is 360 g/mol. The number of benzene rings is 1. The molecule has 1 fully saturated rings. The Kier molecular flexibility index (Phi) is 4.84. The summed E-state index contributed by atoms with van der Waals surface area (Å²) < 4.78 is 10.5. The van der Waals surface area contributed by atoms with Crippen molar-refractivity contribution in [3.05, 3.63) is 60.0 Å². The maximum absolute atomic E-state index is 12.7. The number of furan rings is 1. The van der Waals surface area contributed by atoms with Gasteiger partial charge in [-0.25, -0.2) is 0 Å². The monoisotopic (exact) mass is 380 g/mol. The van der Waals surface area contributed by atoms with Gasteiger partial charge < -0.3 is 19.0 Å². The number of piperazine rings is 1. The summed E-state index contributed by atoms with van der Waals surface area (Å²) in [7, 11) is 1.57. The number of hydrogen-bond donors (Lipinski definition) is 1. The van der Waals surface area contributed by atoms with E-state index in [1.807, 2.05) is 0 Å². The number of carbonyl (C=O) groups excluding carboxylic acids is 2. The van der Waals surface area contributed by atoms with Crippen LogP contribution in [0, 0.1) is 0 Å². The van der Waals surface area contributed by atoms with E-state index < -0.39 is 0 Å². The number of amides is 2. The molecule has 0 spiro atoms. The van der Waals surface area contributed by atoms with Crippen LogP contribution in [0.15, 0.2) is 53.1 Å². The molecule has 1 aliphatic rings. The van der Waals surface area contributed by atoms with Crippen LogP contribution in [0.2, 0.25) is 0 Å². The summed E-state index contributed by atoms with van der Waals surface area (Å²) in [4.78, 5) is 28.8. The van der Waals surface area contributed by atoms with Gasteiger partial charge in [0.25, 0.3) is 11.8 Å². The molecule has 4 rings (SSSR count). The first kappa shape index (κ1) is 17.8. The van der Waals surface area contributed by atoms with E-state index >= 15 is 0 Å². The van der Waals surface area contributed by atoms with Gasteiger partial charge in [-0.15, -0.1) is 0 Å². The first-order chi connectivity index (χ1) is 13.7. The Labute approximate surface area is 161 Å². The van der Waals surface area contributed by atoms with Gasteiger partial charge in [0, 0.05) is 37.8 Å². The van der Waals surface area contributed by atoms with Crippen molar-refractivity contribution in [1.82, 2.24) is 20.0 Å². The Morgan fingerprint density at radius 2 is 1.79 bits per heavy atom. The summed E-state index contributed by atoms with van der Waals surface area (Å²) in [5, 5.41) is 6.92. The second-order valence-corrected chi connectivity index (χ2v) is 6.46. The van der Waals surface area contributed by atoms with Crippen molar-refractivity contribution in [2.24, 2.45) is 0 Å². The lowest BCUT2D eigenvalue weighted by molar-refractivity contribution is 0.0532. The number of carbonyl (C=O) groups is 2. The molecule has 2 amide bonds. The van der Waals surface area contributed by atoms with Gasteiger partial charge in [0.1, 0.15) is 11.4 Å². The molecule has 1 aliphatic heterocycles. The summed E-state index contributed by atoms with van der Waals surface area (Å²) in [5.41, 5.74) is 1.56. The van der Waals surface area contributed by atoms with Crippen LogP contribution in [-0.2, 0) is 0 Å². The number of nitrogens with one attached hydrogen (secondary N) is 1. The molecule has 0 atom stereocenters. The van der Waals surface area contributed by atoms with Crippen molar-refractivity contribution in [3.8, 4) is 17.2 Å². The van der Waals surface area contributed by atoms with Gasteiger partial charge in [0.15, 0.2) is 11.5 Å². The highest BCUT2D eigenvalue weighted by Crippen LogP contribution is 2.19. The highest BCUT2D eigenvalue weighted by molar-refractivity contribution is 5.95. The molecule has 8 nitrogen and oxygen atoms in total. The summed E-state index contributed by atoms with van der Waals surface area (Å²) in [6.45, 7) is 1.85. The Balaban J connectivity index is 1.38. The molecule has 0 aliphatic carbocycles. The maximum atomic E-state index is 12.7. The smallest absolute Gasteiger partial charge is 0.274 e. The second kappa shape index (κ2) is 7.59. The third-order valence-electron chi connectivity index (χ3n) is 4.75. The molecule has 3 aromatic rings. The van der Waals surface area contributed by atoms with Gasteiger partial charge in [-0.2, -0.15) is 5.10 Å². The first-order valence-electron chi connectivity index (χ1n) is 8.97. The first-order valence-corrected chi connectivity index (χ1v) is 8.97. The summed E-state index contributed by atoms with van der Waals surface area (Å²) in [5.74, 6) is 1.04. The third kappa shape index (κ3) is 3.48. The van der Waals surface area contributed by atoms with E-state index in [-0.39, 0.29) is 11.8 Å². The number of rotatable bonds is 4.